The van der Waals surface area contributed by atoms with E-state index in [0.717, 1.165) is 5.39 Å². The monoisotopic (exact) mass is 320 g/mol. The van der Waals surface area contributed by atoms with Gasteiger partial charge in [-0.3, -0.25) is 19.6 Å². The lowest BCUT2D eigenvalue weighted by Crippen LogP contribution is -2.34. The number of rotatable bonds is 5. The van der Waals surface area contributed by atoms with E-state index in [1.807, 2.05) is 24.3 Å². The van der Waals surface area contributed by atoms with Crippen molar-refractivity contribution in [2.24, 2.45) is 0 Å². The number of aromatic nitrogens is 2. The predicted octanol–water partition coefficient (Wildman–Crippen LogP) is 1.79. The second kappa shape index (κ2) is 7.32. The Labute approximate surface area is 138 Å². The van der Waals surface area contributed by atoms with Crippen LogP contribution in [0.15, 0.2) is 61.1 Å². The van der Waals surface area contributed by atoms with Gasteiger partial charge in [0.1, 0.15) is 0 Å². The molecule has 0 spiro atoms. The van der Waals surface area contributed by atoms with Gasteiger partial charge in [0.15, 0.2) is 0 Å². The second-order valence-corrected chi connectivity index (χ2v) is 5.13. The van der Waals surface area contributed by atoms with E-state index in [0.29, 0.717) is 29.7 Å². The molecule has 2 heterocycles. The van der Waals surface area contributed by atoms with E-state index < -0.39 is 0 Å². The van der Waals surface area contributed by atoms with Crippen LogP contribution >= 0.6 is 0 Å². The van der Waals surface area contributed by atoms with Crippen molar-refractivity contribution in [1.29, 1.82) is 0 Å². The molecule has 6 nitrogen and oxygen atoms in total. The van der Waals surface area contributed by atoms with Crippen LogP contribution in [0.5, 0.6) is 0 Å². The smallest absolute Gasteiger partial charge is 0.253 e. The minimum Gasteiger partial charge on any atom is -0.350 e. The van der Waals surface area contributed by atoms with E-state index in [2.05, 4.69) is 20.6 Å². The summed E-state index contributed by atoms with van der Waals surface area (Å²) in [7, 11) is 0. The molecule has 0 aliphatic heterocycles. The summed E-state index contributed by atoms with van der Waals surface area (Å²) in [5.74, 6) is -0.431. The first-order valence-corrected chi connectivity index (χ1v) is 7.56. The van der Waals surface area contributed by atoms with Crippen LogP contribution in [0.3, 0.4) is 0 Å². The standard InChI is InChI=1S/C18H16N4O2/c23-17(14-6-2-8-19-12-14)21-10-11-22-18(24)15-7-1-4-13-5-3-9-20-16(13)15/h1-9,12H,10-11H2,(H,21,23)(H,22,24). The van der Waals surface area contributed by atoms with Crippen molar-refractivity contribution in [3.8, 4) is 0 Å². The molecule has 2 amide bonds. The predicted molar refractivity (Wildman–Crippen MR) is 90.6 cm³/mol. The average molecular weight is 320 g/mol. The summed E-state index contributed by atoms with van der Waals surface area (Å²) in [4.78, 5) is 32.3. The van der Waals surface area contributed by atoms with E-state index in [1.165, 1.54) is 6.20 Å². The van der Waals surface area contributed by atoms with Crippen molar-refractivity contribution in [2.75, 3.05) is 13.1 Å². The Hall–Kier alpha value is -3.28. The van der Waals surface area contributed by atoms with E-state index in [-0.39, 0.29) is 11.8 Å². The zero-order valence-corrected chi connectivity index (χ0v) is 12.9. The molecule has 6 heteroatoms. The fourth-order valence-electron chi connectivity index (χ4n) is 2.33. The topological polar surface area (TPSA) is 84.0 Å². The summed E-state index contributed by atoms with van der Waals surface area (Å²) in [5.41, 5.74) is 1.67. The van der Waals surface area contributed by atoms with E-state index >= 15 is 0 Å². The summed E-state index contributed by atoms with van der Waals surface area (Å²) in [6.07, 6.45) is 4.76. The van der Waals surface area contributed by atoms with Crippen LogP contribution in [-0.2, 0) is 0 Å². The minimum absolute atomic E-state index is 0.213. The van der Waals surface area contributed by atoms with Gasteiger partial charge in [0.05, 0.1) is 16.6 Å². The number of carbonyl (C=O) groups is 2. The molecular formula is C18H16N4O2. The van der Waals surface area contributed by atoms with Gasteiger partial charge in [0, 0.05) is 37.1 Å². The number of hydrogen-bond donors (Lipinski definition) is 2. The van der Waals surface area contributed by atoms with E-state index in [4.69, 9.17) is 0 Å². The van der Waals surface area contributed by atoms with Crippen LogP contribution in [0, 0.1) is 0 Å². The van der Waals surface area contributed by atoms with Gasteiger partial charge in [-0.2, -0.15) is 0 Å². The normalized spacial score (nSPS) is 10.3. The largest absolute Gasteiger partial charge is 0.350 e. The second-order valence-electron chi connectivity index (χ2n) is 5.13. The lowest BCUT2D eigenvalue weighted by molar-refractivity contribution is 0.0928. The Balaban J connectivity index is 1.55. The molecule has 0 bridgehead atoms. The van der Waals surface area contributed by atoms with Gasteiger partial charge < -0.3 is 10.6 Å². The average Bonchev–Trinajstić information content (AvgIpc) is 2.65. The van der Waals surface area contributed by atoms with Gasteiger partial charge in [-0.05, 0) is 24.3 Å². The van der Waals surface area contributed by atoms with Crippen LogP contribution in [0.4, 0.5) is 0 Å². The van der Waals surface area contributed by atoms with Crippen molar-refractivity contribution >= 4 is 22.7 Å². The molecule has 0 saturated heterocycles. The van der Waals surface area contributed by atoms with Crippen molar-refractivity contribution in [3.63, 3.8) is 0 Å². The molecule has 24 heavy (non-hydrogen) atoms. The van der Waals surface area contributed by atoms with Gasteiger partial charge in [0.2, 0.25) is 0 Å². The summed E-state index contributed by atoms with van der Waals surface area (Å²) in [5, 5.41) is 6.43. The Morgan fingerprint density at radius 2 is 1.62 bits per heavy atom. The lowest BCUT2D eigenvalue weighted by atomic mass is 10.1. The summed E-state index contributed by atoms with van der Waals surface area (Å²) in [6, 6.07) is 12.6. The molecule has 0 saturated carbocycles. The van der Waals surface area contributed by atoms with Crippen molar-refractivity contribution in [1.82, 2.24) is 20.6 Å². The third-order valence-corrected chi connectivity index (χ3v) is 3.50. The number of fused-ring (bicyclic) bond motifs is 1. The van der Waals surface area contributed by atoms with Gasteiger partial charge in [-0.25, -0.2) is 0 Å². The van der Waals surface area contributed by atoms with Crippen LogP contribution in [0.25, 0.3) is 10.9 Å². The molecule has 0 fully saturated rings. The third-order valence-electron chi connectivity index (χ3n) is 3.50. The molecule has 0 atom stereocenters. The third kappa shape index (κ3) is 3.55. The van der Waals surface area contributed by atoms with Crippen molar-refractivity contribution in [2.45, 2.75) is 0 Å². The Kier molecular flexibility index (Phi) is 4.76. The summed E-state index contributed by atoms with van der Waals surface area (Å²) >= 11 is 0. The number of nitrogens with zero attached hydrogens (tertiary/aromatic N) is 2. The van der Waals surface area contributed by atoms with Crippen LogP contribution in [-0.4, -0.2) is 34.9 Å². The van der Waals surface area contributed by atoms with Gasteiger partial charge in [-0.15, -0.1) is 0 Å². The Morgan fingerprint density at radius 3 is 2.42 bits per heavy atom. The lowest BCUT2D eigenvalue weighted by Gasteiger charge is -2.08. The maximum atomic E-state index is 12.3. The molecule has 0 aliphatic carbocycles. The molecule has 0 aliphatic rings. The van der Waals surface area contributed by atoms with Crippen molar-refractivity contribution in [3.05, 3.63) is 72.2 Å². The highest BCUT2D eigenvalue weighted by Crippen LogP contribution is 2.15. The fourth-order valence-corrected chi connectivity index (χ4v) is 2.33. The maximum Gasteiger partial charge on any atom is 0.253 e. The number of nitrogens with one attached hydrogen (secondary N) is 2. The zero-order chi connectivity index (χ0) is 16.8. The van der Waals surface area contributed by atoms with Crippen LogP contribution in [0.2, 0.25) is 0 Å². The quantitative estimate of drug-likeness (QED) is 0.702. The maximum absolute atomic E-state index is 12.3. The Bertz CT molecular complexity index is 860. The van der Waals surface area contributed by atoms with E-state index in [1.54, 1.807) is 30.6 Å². The number of para-hydroxylation sites is 1. The first-order chi connectivity index (χ1) is 11.8. The molecule has 120 valence electrons. The number of carbonyl (C=O) groups excluding carboxylic acids is 2. The van der Waals surface area contributed by atoms with E-state index in [9.17, 15) is 9.59 Å². The molecule has 2 aromatic heterocycles. The van der Waals surface area contributed by atoms with Gasteiger partial charge in [0.25, 0.3) is 11.8 Å². The van der Waals surface area contributed by atoms with Crippen LogP contribution in [0.1, 0.15) is 20.7 Å². The molecular weight excluding hydrogens is 304 g/mol. The number of amides is 2. The zero-order valence-electron chi connectivity index (χ0n) is 12.9. The molecule has 3 rings (SSSR count). The Morgan fingerprint density at radius 1 is 0.875 bits per heavy atom. The highest BCUT2D eigenvalue weighted by atomic mass is 16.2. The summed E-state index contributed by atoms with van der Waals surface area (Å²) < 4.78 is 0. The highest BCUT2D eigenvalue weighted by Gasteiger charge is 2.10. The van der Waals surface area contributed by atoms with Gasteiger partial charge >= 0.3 is 0 Å². The molecule has 2 N–H and O–H groups in total. The molecule has 3 aromatic rings. The molecule has 0 radical (unpaired) electrons. The first-order valence-electron chi connectivity index (χ1n) is 7.56. The molecule has 1 aromatic carbocycles. The fraction of sp³-hybridized carbons (Fsp3) is 0.111. The van der Waals surface area contributed by atoms with Crippen molar-refractivity contribution < 1.29 is 9.59 Å². The highest BCUT2D eigenvalue weighted by molar-refractivity contribution is 6.05. The van der Waals surface area contributed by atoms with Gasteiger partial charge in [-0.1, -0.05) is 18.2 Å². The van der Waals surface area contributed by atoms with Crippen LogP contribution < -0.4 is 10.6 Å². The number of pyridine rings is 2. The SMILES string of the molecule is O=C(NCCNC(=O)c1cccc2cccnc12)c1cccnc1. The molecule has 0 unspecified atom stereocenters. The number of benzene rings is 1. The first kappa shape index (κ1) is 15.6. The summed E-state index contributed by atoms with van der Waals surface area (Å²) in [6.45, 7) is 0.658. The number of hydrogen-bond acceptors (Lipinski definition) is 4. The minimum atomic E-state index is -0.218.